The Morgan fingerprint density at radius 3 is 3.06 bits per heavy atom. The molecular formula is C11H11N5O. The fraction of sp³-hybridized carbons (Fsp3) is 0.273. The molecule has 1 atom stereocenters. The van der Waals surface area contributed by atoms with E-state index in [-0.39, 0.29) is 29.2 Å². The maximum absolute atomic E-state index is 11.8. The average molecular weight is 229 g/mol. The maximum atomic E-state index is 11.8. The van der Waals surface area contributed by atoms with Crippen LogP contribution in [0.25, 0.3) is 0 Å². The van der Waals surface area contributed by atoms with Crippen LogP contribution >= 0.6 is 0 Å². The summed E-state index contributed by atoms with van der Waals surface area (Å²) in [5.41, 5.74) is 5.72. The zero-order valence-electron chi connectivity index (χ0n) is 9.13. The van der Waals surface area contributed by atoms with Gasteiger partial charge in [-0.1, -0.05) is 6.08 Å². The van der Waals surface area contributed by atoms with Crippen LogP contribution in [-0.2, 0) is 4.79 Å². The Hall–Kier alpha value is -2.42. The highest BCUT2D eigenvalue weighted by molar-refractivity contribution is 5.96. The van der Waals surface area contributed by atoms with Crippen molar-refractivity contribution in [2.24, 2.45) is 5.92 Å². The fourth-order valence-electron chi connectivity index (χ4n) is 1.77. The van der Waals surface area contributed by atoms with E-state index in [0.29, 0.717) is 13.0 Å². The number of nitrogens with zero attached hydrogens (tertiary/aromatic N) is 4. The Balaban J connectivity index is 2.41. The van der Waals surface area contributed by atoms with Crippen molar-refractivity contribution in [3.8, 4) is 6.07 Å². The molecule has 0 radical (unpaired) electrons. The Morgan fingerprint density at radius 1 is 1.71 bits per heavy atom. The molecule has 17 heavy (non-hydrogen) atoms. The first-order chi connectivity index (χ1) is 8.15. The van der Waals surface area contributed by atoms with Gasteiger partial charge in [-0.05, 0) is 0 Å². The summed E-state index contributed by atoms with van der Waals surface area (Å²) in [6, 6.07) is 1.95. The summed E-state index contributed by atoms with van der Waals surface area (Å²) in [7, 11) is 0. The molecular weight excluding hydrogens is 218 g/mol. The molecule has 1 aromatic heterocycles. The molecule has 0 aliphatic carbocycles. The van der Waals surface area contributed by atoms with Crippen LogP contribution in [0.2, 0.25) is 0 Å². The van der Waals surface area contributed by atoms with Gasteiger partial charge in [0.2, 0.25) is 11.9 Å². The average Bonchev–Trinajstić information content (AvgIpc) is 2.70. The number of rotatable bonds is 2. The number of carbonyl (C=O) groups is 1. The van der Waals surface area contributed by atoms with Crippen molar-refractivity contribution in [3.05, 3.63) is 24.4 Å². The summed E-state index contributed by atoms with van der Waals surface area (Å²) in [4.78, 5) is 20.9. The maximum Gasteiger partial charge on any atom is 0.228 e. The lowest BCUT2D eigenvalue weighted by molar-refractivity contribution is -0.117. The third-order valence-electron chi connectivity index (χ3n) is 2.65. The van der Waals surface area contributed by atoms with Crippen LogP contribution < -0.4 is 10.6 Å². The minimum Gasteiger partial charge on any atom is -0.368 e. The van der Waals surface area contributed by atoms with Crippen LogP contribution in [0, 0.1) is 17.2 Å². The molecule has 1 saturated heterocycles. The standard InChI is InChI=1S/C11H11N5O/c1-2-7-3-9(17)16(6-7)10-8(4-12)5-14-11(13)15-10/h2,5,7H,1,3,6H2,(H2,13,14,15). The third kappa shape index (κ3) is 1.95. The summed E-state index contributed by atoms with van der Waals surface area (Å²) >= 11 is 0. The first kappa shape index (κ1) is 11.1. The van der Waals surface area contributed by atoms with Gasteiger partial charge < -0.3 is 5.73 Å². The number of carbonyl (C=O) groups excluding carboxylic acids is 1. The Labute approximate surface area is 98.4 Å². The van der Waals surface area contributed by atoms with Crippen molar-refractivity contribution in [2.45, 2.75) is 6.42 Å². The number of nitriles is 1. The van der Waals surface area contributed by atoms with E-state index in [1.54, 1.807) is 6.08 Å². The lowest BCUT2D eigenvalue weighted by Gasteiger charge is -2.16. The van der Waals surface area contributed by atoms with Gasteiger partial charge in [0.05, 0.1) is 6.20 Å². The van der Waals surface area contributed by atoms with Gasteiger partial charge in [0.15, 0.2) is 5.82 Å². The zero-order chi connectivity index (χ0) is 12.4. The van der Waals surface area contributed by atoms with E-state index in [1.807, 2.05) is 6.07 Å². The molecule has 1 aliphatic rings. The van der Waals surface area contributed by atoms with E-state index in [2.05, 4.69) is 16.5 Å². The molecule has 0 saturated carbocycles. The highest BCUT2D eigenvalue weighted by atomic mass is 16.2. The van der Waals surface area contributed by atoms with Crippen molar-refractivity contribution in [3.63, 3.8) is 0 Å². The number of nitrogen functional groups attached to an aromatic ring is 1. The van der Waals surface area contributed by atoms with Crippen molar-refractivity contribution in [2.75, 3.05) is 17.2 Å². The lowest BCUT2D eigenvalue weighted by Crippen LogP contribution is -2.26. The predicted octanol–water partition coefficient (Wildman–Crippen LogP) is 0.469. The highest BCUT2D eigenvalue weighted by Crippen LogP contribution is 2.26. The fourth-order valence-corrected chi connectivity index (χ4v) is 1.77. The number of amides is 1. The van der Waals surface area contributed by atoms with Gasteiger partial charge in [0.1, 0.15) is 11.6 Å². The van der Waals surface area contributed by atoms with Gasteiger partial charge in [0, 0.05) is 18.9 Å². The summed E-state index contributed by atoms with van der Waals surface area (Å²) in [5, 5.41) is 8.95. The molecule has 1 fully saturated rings. The topological polar surface area (TPSA) is 95.9 Å². The normalized spacial score (nSPS) is 19.1. The molecule has 2 heterocycles. The van der Waals surface area contributed by atoms with Crippen LogP contribution in [0.4, 0.5) is 11.8 Å². The van der Waals surface area contributed by atoms with Gasteiger partial charge in [-0.25, -0.2) is 4.98 Å². The number of anilines is 2. The molecule has 6 nitrogen and oxygen atoms in total. The number of aromatic nitrogens is 2. The molecule has 0 bridgehead atoms. The molecule has 1 amide bonds. The molecule has 1 unspecified atom stereocenters. The summed E-state index contributed by atoms with van der Waals surface area (Å²) in [5.74, 6) is 0.345. The minimum atomic E-state index is -0.0792. The van der Waals surface area contributed by atoms with E-state index in [1.165, 1.54) is 11.1 Å². The van der Waals surface area contributed by atoms with Crippen LogP contribution in [0.3, 0.4) is 0 Å². The summed E-state index contributed by atoms with van der Waals surface area (Å²) < 4.78 is 0. The van der Waals surface area contributed by atoms with E-state index in [4.69, 9.17) is 11.0 Å². The second-order valence-electron chi connectivity index (χ2n) is 3.78. The van der Waals surface area contributed by atoms with Crippen molar-refractivity contribution < 1.29 is 4.79 Å². The van der Waals surface area contributed by atoms with Crippen LogP contribution in [0.1, 0.15) is 12.0 Å². The highest BCUT2D eigenvalue weighted by Gasteiger charge is 2.31. The number of hydrogen-bond acceptors (Lipinski definition) is 5. The second kappa shape index (κ2) is 4.22. The van der Waals surface area contributed by atoms with Crippen molar-refractivity contribution in [1.82, 2.24) is 9.97 Å². The Morgan fingerprint density at radius 2 is 2.47 bits per heavy atom. The van der Waals surface area contributed by atoms with Crippen molar-refractivity contribution in [1.29, 1.82) is 5.26 Å². The van der Waals surface area contributed by atoms with Gasteiger partial charge in [-0.2, -0.15) is 10.2 Å². The van der Waals surface area contributed by atoms with E-state index in [0.717, 1.165) is 0 Å². The van der Waals surface area contributed by atoms with Gasteiger partial charge in [-0.15, -0.1) is 6.58 Å². The Kier molecular flexibility index (Phi) is 2.75. The van der Waals surface area contributed by atoms with Gasteiger partial charge in [-0.3, -0.25) is 9.69 Å². The molecule has 2 rings (SSSR count). The number of hydrogen-bond donors (Lipinski definition) is 1. The van der Waals surface area contributed by atoms with E-state index >= 15 is 0 Å². The second-order valence-corrected chi connectivity index (χ2v) is 3.78. The smallest absolute Gasteiger partial charge is 0.228 e. The lowest BCUT2D eigenvalue weighted by atomic mass is 10.1. The predicted molar refractivity (Wildman–Crippen MR) is 61.8 cm³/mol. The summed E-state index contributed by atoms with van der Waals surface area (Å²) in [6.07, 6.45) is 3.44. The quantitative estimate of drug-likeness (QED) is 0.743. The molecule has 1 aromatic rings. The van der Waals surface area contributed by atoms with Gasteiger partial charge in [0.25, 0.3) is 0 Å². The number of nitrogens with two attached hydrogens (primary N) is 1. The van der Waals surface area contributed by atoms with Crippen LogP contribution in [0.5, 0.6) is 0 Å². The zero-order valence-corrected chi connectivity index (χ0v) is 9.13. The molecule has 0 spiro atoms. The first-order valence-electron chi connectivity index (χ1n) is 5.11. The largest absolute Gasteiger partial charge is 0.368 e. The first-order valence-corrected chi connectivity index (χ1v) is 5.11. The van der Waals surface area contributed by atoms with Crippen LogP contribution in [0.15, 0.2) is 18.9 Å². The van der Waals surface area contributed by atoms with Crippen molar-refractivity contribution >= 4 is 17.7 Å². The van der Waals surface area contributed by atoms with Crippen LogP contribution in [-0.4, -0.2) is 22.4 Å². The molecule has 86 valence electrons. The minimum absolute atomic E-state index is 0.0499. The molecule has 0 aromatic carbocycles. The molecule has 1 aliphatic heterocycles. The molecule has 2 N–H and O–H groups in total. The molecule has 6 heteroatoms. The Bertz CT molecular complexity index is 519. The van der Waals surface area contributed by atoms with E-state index < -0.39 is 0 Å². The SMILES string of the molecule is C=CC1CC(=O)N(c2nc(N)ncc2C#N)C1. The van der Waals surface area contributed by atoms with E-state index in [9.17, 15) is 4.79 Å². The monoisotopic (exact) mass is 229 g/mol. The van der Waals surface area contributed by atoms with Gasteiger partial charge >= 0.3 is 0 Å². The summed E-state index contributed by atoms with van der Waals surface area (Å²) in [6.45, 7) is 4.14. The third-order valence-corrected chi connectivity index (χ3v) is 2.65.